The van der Waals surface area contributed by atoms with Crippen LogP contribution in [-0.4, -0.2) is 34.0 Å². The second-order valence-electron chi connectivity index (χ2n) is 12.8. The van der Waals surface area contributed by atoms with Crippen LogP contribution in [0.4, 0.5) is 0 Å². The van der Waals surface area contributed by atoms with Crippen molar-refractivity contribution in [1.82, 2.24) is 0 Å². The van der Waals surface area contributed by atoms with Crippen molar-refractivity contribution in [3.63, 3.8) is 0 Å². The number of aliphatic hydroxyl groups is 2. The van der Waals surface area contributed by atoms with Crippen molar-refractivity contribution in [1.29, 1.82) is 0 Å². The first-order chi connectivity index (χ1) is 13.9. The van der Waals surface area contributed by atoms with Gasteiger partial charge in [-0.25, -0.2) is 0 Å². The Morgan fingerprint density at radius 2 is 1.60 bits per heavy atom. The van der Waals surface area contributed by atoms with Crippen molar-refractivity contribution >= 4 is 5.97 Å². The standard InChI is InChI=1S/C26H44O4/c1-15(23(29)30-24(2,3)4)18-7-8-19-22-20(10-12-26(18,19)6)25(5)11-9-17(27)13-16(25)14-21(22)28/h15-22,27-28H,7-14H2,1-6H3/t15?,16-,17+,18+,19-,20?,21+,22?,25-,26+/m0/s1. The zero-order chi connectivity index (χ0) is 22.1. The third-order valence-electron chi connectivity index (χ3n) is 10.1. The summed E-state index contributed by atoms with van der Waals surface area (Å²) in [5.74, 6) is 2.01. The number of hydrogen-bond donors (Lipinski definition) is 2. The second kappa shape index (κ2) is 7.47. The van der Waals surface area contributed by atoms with Crippen LogP contribution in [0.1, 0.15) is 92.9 Å². The van der Waals surface area contributed by atoms with E-state index >= 15 is 0 Å². The highest BCUT2D eigenvalue weighted by molar-refractivity contribution is 5.73. The molecule has 0 aromatic rings. The summed E-state index contributed by atoms with van der Waals surface area (Å²) in [4.78, 5) is 12.9. The van der Waals surface area contributed by atoms with Gasteiger partial charge in [0.05, 0.1) is 18.1 Å². The van der Waals surface area contributed by atoms with Gasteiger partial charge in [-0.3, -0.25) is 4.79 Å². The SMILES string of the molecule is CC(C(=O)OC(C)(C)C)[C@H]1CC[C@H]2C3C(CC[C@]12C)[C@@]1(C)CC[C@@H](O)C[C@H]1C[C@H]3O. The summed E-state index contributed by atoms with van der Waals surface area (Å²) in [5, 5.41) is 21.6. The van der Waals surface area contributed by atoms with Gasteiger partial charge in [0.25, 0.3) is 0 Å². The van der Waals surface area contributed by atoms with Gasteiger partial charge in [-0.2, -0.15) is 0 Å². The summed E-state index contributed by atoms with van der Waals surface area (Å²) >= 11 is 0. The monoisotopic (exact) mass is 420 g/mol. The fourth-order valence-corrected chi connectivity index (χ4v) is 8.62. The largest absolute Gasteiger partial charge is 0.460 e. The van der Waals surface area contributed by atoms with Gasteiger partial charge >= 0.3 is 5.97 Å². The first-order valence-corrected chi connectivity index (χ1v) is 12.5. The molecule has 10 atom stereocenters. The van der Waals surface area contributed by atoms with Gasteiger partial charge in [-0.05, 0) is 113 Å². The Kier molecular flexibility index (Phi) is 5.62. The molecule has 3 unspecified atom stereocenters. The van der Waals surface area contributed by atoms with E-state index in [4.69, 9.17) is 4.74 Å². The Morgan fingerprint density at radius 3 is 2.27 bits per heavy atom. The third-order valence-corrected chi connectivity index (χ3v) is 10.1. The summed E-state index contributed by atoms with van der Waals surface area (Å²) in [5.41, 5.74) is -0.0915. The van der Waals surface area contributed by atoms with Gasteiger partial charge in [0.15, 0.2) is 0 Å². The Morgan fingerprint density at radius 1 is 0.967 bits per heavy atom. The lowest BCUT2D eigenvalue weighted by Crippen LogP contribution is -2.58. The number of esters is 1. The van der Waals surface area contributed by atoms with Crippen molar-refractivity contribution in [3.8, 4) is 0 Å². The van der Waals surface area contributed by atoms with E-state index in [1.165, 1.54) is 0 Å². The van der Waals surface area contributed by atoms with Crippen LogP contribution in [0, 0.1) is 46.3 Å². The quantitative estimate of drug-likeness (QED) is 0.620. The molecule has 0 bridgehead atoms. The molecule has 0 amide bonds. The van der Waals surface area contributed by atoms with E-state index in [1.807, 2.05) is 20.8 Å². The highest BCUT2D eigenvalue weighted by Gasteiger charge is 2.63. The Balaban J connectivity index is 1.56. The van der Waals surface area contributed by atoms with E-state index in [2.05, 4.69) is 20.8 Å². The maximum atomic E-state index is 12.9. The van der Waals surface area contributed by atoms with E-state index in [9.17, 15) is 15.0 Å². The molecule has 4 rings (SSSR count). The van der Waals surface area contributed by atoms with Gasteiger partial charge in [0.2, 0.25) is 0 Å². The summed E-state index contributed by atoms with van der Waals surface area (Å²) < 4.78 is 5.75. The molecule has 0 saturated heterocycles. The topological polar surface area (TPSA) is 66.8 Å². The van der Waals surface area contributed by atoms with Crippen molar-refractivity contribution < 1.29 is 19.7 Å². The zero-order valence-electron chi connectivity index (χ0n) is 20.0. The summed E-state index contributed by atoms with van der Waals surface area (Å²) in [7, 11) is 0. The van der Waals surface area contributed by atoms with E-state index in [1.54, 1.807) is 0 Å². The van der Waals surface area contributed by atoms with Crippen LogP contribution < -0.4 is 0 Å². The lowest BCUT2D eigenvalue weighted by molar-refractivity contribution is -0.179. The Hall–Kier alpha value is -0.610. The molecular weight excluding hydrogens is 376 g/mol. The summed E-state index contributed by atoms with van der Waals surface area (Å²) in [6.07, 6.45) is 7.73. The predicted molar refractivity (Wildman–Crippen MR) is 118 cm³/mol. The second-order valence-corrected chi connectivity index (χ2v) is 12.8. The summed E-state index contributed by atoms with van der Waals surface area (Å²) in [6, 6.07) is 0. The molecule has 0 spiro atoms. The van der Waals surface area contributed by atoms with E-state index in [0.29, 0.717) is 29.6 Å². The molecule has 0 aliphatic heterocycles. The van der Waals surface area contributed by atoms with Crippen molar-refractivity contribution in [2.24, 2.45) is 46.3 Å². The average molecular weight is 421 g/mol. The molecular formula is C26H44O4. The molecule has 4 aliphatic rings. The zero-order valence-corrected chi connectivity index (χ0v) is 20.0. The fourth-order valence-electron chi connectivity index (χ4n) is 8.62. The van der Waals surface area contributed by atoms with Gasteiger partial charge in [-0.15, -0.1) is 0 Å². The minimum absolute atomic E-state index is 0.0611. The van der Waals surface area contributed by atoms with Crippen LogP contribution in [0.25, 0.3) is 0 Å². The average Bonchev–Trinajstić information content (AvgIpc) is 2.98. The minimum atomic E-state index is -0.448. The molecule has 0 aromatic carbocycles. The first-order valence-electron chi connectivity index (χ1n) is 12.5. The minimum Gasteiger partial charge on any atom is -0.460 e. The molecule has 4 saturated carbocycles. The van der Waals surface area contributed by atoms with E-state index in [0.717, 1.165) is 51.4 Å². The van der Waals surface area contributed by atoms with Crippen LogP contribution in [0.3, 0.4) is 0 Å². The number of carbonyl (C=O) groups is 1. The van der Waals surface area contributed by atoms with Gasteiger partial charge in [0, 0.05) is 0 Å². The van der Waals surface area contributed by atoms with Crippen molar-refractivity contribution in [3.05, 3.63) is 0 Å². The van der Waals surface area contributed by atoms with Gasteiger partial charge in [-0.1, -0.05) is 20.8 Å². The number of fused-ring (bicyclic) bond motifs is 5. The van der Waals surface area contributed by atoms with Crippen LogP contribution in [0.2, 0.25) is 0 Å². The van der Waals surface area contributed by atoms with Gasteiger partial charge < -0.3 is 14.9 Å². The van der Waals surface area contributed by atoms with E-state index in [-0.39, 0.29) is 34.9 Å². The normalized spacial score (nSPS) is 49.5. The molecule has 4 nitrogen and oxygen atoms in total. The van der Waals surface area contributed by atoms with Crippen LogP contribution in [-0.2, 0) is 9.53 Å². The molecule has 4 heteroatoms. The molecule has 4 fully saturated rings. The highest BCUT2D eigenvalue weighted by Crippen LogP contribution is 2.68. The predicted octanol–water partition coefficient (Wildman–Crippen LogP) is 4.95. The maximum absolute atomic E-state index is 12.9. The third kappa shape index (κ3) is 3.54. The fraction of sp³-hybridized carbons (Fsp3) is 0.962. The van der Waals surface area contributed by atoms with Crippen LogP contribution in [0.15, 0.2) is 0 Å². The number of hydrogen-bond acceptors (Lipinski definition) is 4. The Labute approximate surface area is 183 Å². The molecule has 0 radical (unpaired) electrons. The number of ether oxygens (including phenoxy) is 1. The van der Waals surface area contributed by atoms with Crippen LogP contribution >= 0.6 is 0 Å². The molecule has 172 valence electrons. The number of carbonyl (C=O) groups excluding carboxylic acids is 1. The first kappa shape index (κ1) is 22.6. The molecule has 30 heavy (non-hydrogen) atoms. The smallest absolute Gasteiger partial charge is 0.309 e. The highest BCUT2D eigenvalue weighted by atomic mass is 16.6. The molecule has 2 N–H and O–H groups in total. The van der Waals surface area contributed by atoms with Crippen LogP contribution in [0.5, 0.6) is 0 Å². The van der Waals surface area contributed by atoms with E-state index < -0.39 is 5.60 Å². The Bertz CT molecular complexity index is 668. The number of aliphatic hydroxyl groups excluding tert-OH is 2. The van der Waals surface area contributed by atoms with Crippen molar-refractivity contribution in [2.75, 3.05) is 0 Å². The molecule has 4 aliphatic carbocycles. The lowest BCUT2D eigenvalue weighted by atomic mass is 9.43. The molecule has 0 aromatic heterocycles. The number of rotatable bonds is 2. The van der Waals surface area contributed by atoms with Crippen molar-refractivity contribution in [2.45, 2.75) is 111 Å². The molecule has 0 heterocycles. The lowest BCUT2D eigenvalue weighted by Gasteiger charge is -2.62. The summed E-state index contributed by atoms with van der Waals surface area (Å²) in [6.45, 7) is 12.7. The maximum Gasteiger partial charge on any atom is 0.309 e. The van der Waals surface area contributed by atoms with Gasteiger partial charge in [0.1, 0.15) is 5.60 Å².